The molecule has 0 aliphatic heterocycles. The molecule has 0 heterocycles. The summed E-state index contributed by atoms with van der Waals surface area (Å²) < 4.78 is 26.2. The zero-order chi connectivity index (χ0) is 25.0. The Balaban J connectivity index is 2.39. The van der Waals surface area contributed by atoms with E-state index in [0.717, 1.165) is 21.7 Å². The average Bonchev–Trinajstić information content (AvgIpc) is 2.68. The first kappa shape index (κ1) is 26.7. The van der Waals surface area contributed by atoms with E-state index in [2.05, 4.69) is 5.32 Å². The minimum absolute atomic E-state index is 0.125. The third-order valence-corrected chi connectivity index (χ3v) is 6.29. The van der Waals surface area contributed by atoms with Gasteiger partial charge in [-0.05, 0) is 70.0 Å². The molecule has 9 heteroatoms. The van der Waals surface area contributed by atoms with Crippen molar-refractivity contribution in [3.05, 3.63) is 64.7 Å². The Morgan fingerprint density at radius 3 is 2.21 bits per heavy atom. The lowest BCUT2D eigenvalue weighted by atomic mass is 10.1. The van der Waals surface area contributed by atoms with Gasteiger partial charge in [0.05, 0.1) is 11.9 Å². The molecule has 0 aromatic heterocycles. The first-order chi connectivity index (χ1) is 15.2. The monoisotopic (exact) mass is 493 g/mol. The van der Waals surface area contributed by atoms with Gasteiger partial charge in [-0.15, -0.1) is 0 Å². The van der Waals surface area contributed by atoms with Crippen molar-refractivity contribution >= 4 is 39.1 Å². The Hall–Kier alpha value is -2.58. The molecule has 7 nitrogen and oxygen atoms in total. The van der Waals surface area contributed by atoms with Gasteiger partial charge in [-0.25, -0.2) is 8.42 Å². The molecule has 0 bridgehead atoms. The molecule has 0 saturated heterocycles. The summed E-state index contributed by atoms with van der Waals surface area (Å²) in [7, 11) is -3.75. The van der Waals surface area contributed by atoms with E-state index in [1.807, 2.05) is 33.8 Å². The molecule has 0 saturated carbocycles. The highest BCUT2D eigenvalue weighted by atomic mass is 35.5. The predicted molar refractivity (Wildman–Crippen MR) is 133 cm³/mol. The quantitative estimate of drug-likeness (QED) is 0.606. The molecule has 1 atom stereocenters. The molecule has 0 spiro atoms. The Kier molecular flexibility index (Phi) is 8.54. The van der Waals surface area contributed by atoms with Crippen LogP contribution in [0.15, 0.2) is 48.5 Å². The van der Waals surface area contributed by atoms with E-state index in [9.17, 15) is 18.0 Å². The standard InChI is InChI=1S/C24H32ClN3O4S/c1-17-8-7-9-21(14-17)28(33(6,31)32)16-22(29)27(15-19-10-12-20(25)13-11-19)18(2)23(30)26-24(3,4)5/h7-14,18H,15-16H2,1-6H3,(H,26,30)/t18-/m0/s1. The lowest BCUT2D eigenvalue weighted by Gasteiger charge is -2.33. The van der Waals surface area contributed by atoms with Crippen molar-refractivity contribution < 1.29 is 18.0 Å². The molecule has 180 valence electrons. The van der Waals surface area contributed by atoms with Crippen LogP contribution in [0.2, 0.25) is 5.02 Å². The molecule has 33 heavy (non-hydrogen) atoms. The average molecular weight is 494 g/mol. The maximum atomic E-state index is 13.5. The summed E-state index contributed by atoms with van der Waals surface area (Å²) in [6.07, 6.45) is 1.06. The minimum atomic E-state index is -3.75. The fraction of sp³-hybridized carbons (Fsp3) is 0.417. The van der Waals surface area contributed by atoms with Gasteiger partial charge in [0.2, 0.25) is 21.8 Å². The summed E-state index contributed by atoms with van der Waals surface area (Å²) in [6, 6.07) is 13.0. The zero-order valence-electron chi connectivity index (χ0n) is 19.9. The first-order valence-electron chi connectivity index (χ1n) is 10.6. The van der Waals surface area contributed by atoms with Crippen LogP contribution in [0.1, 0.15) is 38.8 Å². The minimum Gasteiger partial charge on any atom is -0.350 e. The van der Waals surface area contributed by atoms with Crippen molar-refractivity contribution in [2.75, 3.05) is 17.1 Å². The Labute approximate surface area is 201 Å². The van der Waals surface area contributed by atoms with Gasteiger partial charge < -0.3 is 10.2 Å². The summed E-state index contributed by atoms with van der Waals surface area (Å²) in [4.78, 5) is 27.7. The van der Waals surface area contributed by atoms with E-state index < -0.39 is 34.1 Å². The summed E-state index contributed by atoms with van der Waals surface area (Å²) in [5.41, 5.74) is 1.54. The molecule has 2 aromatic rings. The number of hydrogen-bond acceptors (Lipinski definition) is 4. The van der Waals surface area contributed by atoms with Crippen LogP contribution in [-0.2, 0) is 26.2 Å². The highest BCUT2D eigenvalue weighted by Gasteiger charge is 2.31. The van der Waals surface area contributed by atoms with Gasteiger partial charge in [-0.2, -0.15) is 0 Å². The number of carbonyl (C=O) groups excluding carboxylic acids is 2. The van der Waals surface area contributed by atoms with E-state index in [1.54, 1.807) is 49.4 Å². The number of benzene rings is 2. The maximum absolute atomic E-state index is 13.5. The van der Waals surface area contributed by atoms with E-state index in [4.69, 9.17) is 11.6 Å². The van der Waals surface area contributed by atoms with Gasteiger partial charge in [0.15, 0.2) is 0 Å². The number of anilines is 1. The third-order valence-electron chi connectivity index (χ3n) is 4.90. The van der Waals surface area contributed by atoms with Crippen molar-refractivity contribution in [1.29, 1.82) is 0 Å². The van der Waals surface area contributed by atoms with Crippen LogP contribution in [0, 0.1) is 6.92 Å². The second-order valence-electron chi connectivity index (χ2n) is 9.17. The summed E-state index contributed by atoms with van der Waals surface area (Å²) in [5, 5.41) is 3.44. The normalized spacial score (nSPS) is 12.7. The van der Waals surface area contributed by atoms with Crippen molar-refractivity contribution in [2.45, 2.75) is 52.7 Å². The fourth-order valence-corrected chi connectivity index (χ4v) is 4.21. The second kappa shape index (κ2) is 10.6. The van der Waals surface area contributed by atoms with Crippen LogP contribution in [0.3, 0.4) is 0 Å². The van der Waals surface area contributed by atoms with Crippen molar-refractivity contribution in [3.63, 3.8) is 0 Å². The molecule has 0 unspecified atom stereocenters. The molecular formula is C24H32ClN3O4S. The van der Waals surface area contributed by atoms with Crippen molar-refractivity contribution in [2.24, 2.45) is 0 Å². The van der Waals surface area contributed by atoms with Gasteiger partial charge in [0, 0.05) is 17.1 Å². The molecule has 2 rings (SSSR count). The second-order valence-corrected chi connectivity index (χ2v) is 11.5. The number of nitrogens with one attached hydrogen (secondary N) is 1. The molecule has 2 aromatic carbocycles. The Bertz CT molecular complexity index is 1100. The Morgan fingerprint density at radius 1 is 1.09 bits per heavy atom. The molecular weight excluding hydrogens is 462 g/mol. The molecule has 0 fully saturated rings. The summed E-state index contributed by atoms with van der Waals surface area (Å²) in [6.45, 7) is 8.73. The van der Waals surface area contributed by atoms with E-state index in [1.165, 1.54) is 4.90 Å². The largest absolute Gasteiger partial charge is 0.350 e. The van der Waals surface area contributed by atoms with Crippen LogP contribution >= 0.6 is 11.6 Å². The maximum Gasteiger partial charge on any atom is 0.244 e. The van der Waals surface area contributed by atoms with Gasteiger partial charge in [-0.1, -0.05) is 35.9 Å². The summed E-state index contributed by atoms with van der Waals surface area (Å²) in [5.74, 6) is -0.820. The van der Waals surface area contributed by atoms with Crippen LogP contribution < -0.4 is 9.62 Å². The zero-order valence-corrected chi connectivity index (χ0v) is 21.5. The highest BCUT2D eigenvalue weighted by molar-refractivity contribution is 7.92. The number of aryl methyl sites for hydroxylation is 1. The van der Waals surface area contributed by atoms with Gasteiger partial charge in [0.1, 0.15) is 12.6 Å². The SMILES string of the molecule is Cc1cccc(N(CC(=O)N(Cc2ccc(Cl)cc2)[C@@H](C)C(=O)NC(C)(C)C)S(C)(=O)=O)c1. The molecule has 0 aliphatic carbocycles. The van der Waals surface area contributed by atoms with Crippen LogP contribution in [-0.4, -0.2) is 49.5 Å². The molecule has 2 amide bonds. The van der Waals surface area contributed by atoms with E-state index in [-0.39, 0.29) is 12.5 Å². The van der Waals surface area contributed by atoms with Crippen LogP contribution in [0.25, 0.3) is 0 Å². The van der Waals surface area contributed by atoms with Crippen molar-refractivity contribution in [3.8, 4) is 0 Å². The number of nitrogens with zero attached hydrogens (tertiary/aromatic N) is 2. The Morgan fingerprint density at radius 2 is 1.70 bits per heavy atom. The lowest BCUT2D eigenvalue weighted by molar-refractivity contribution is -0.140. The smallest absolute Gasteiger partial charge is 0.244 e. The van der Waals surface area contributed by atoms with Crippen LogP contribution in [0.5, 0.6) is 0 Å². The van der Waals surface area contributed by atoms with Crippen LogP contribution in [0.4, 0.5) is 5.69 Å². The molecule has 0 radical (unpaired) electrons. The number of hydrogen-bond donors (Lipinski definition) is 1. The number of rotatable bonds is 8. The number of halogens is 1. The third kappa shape index (κ3) is 8.05. The number of carbonyl (C=O) groups is 2. The first-order valence-corrected chi connectivity index (χ1v) is 12.8. The van der Waals surface area contributed by atoms with Crippen molar-refractivity contribution in [1.82, 2.24) is 10.2 Å². The van der Waals surface area contributed by atoms with Gasteiger partial charge in [-0.3, -0.25) is 13.9 Å². The summed E-state index contributed by atoms with van der Waals surface area (Å²) >= 11 is 5.98. The molecule has 0 aliphatic rings. The van der Waals surface area contributed by atoms with E-state index >= 15 is 0 Å². The predicted octanol–water partition coefficient (Wildman–Crippen LogP) is 3.75. The van der Waals surface area contributed by atoms with Gasteiger partial charge >= 0.3 is 0 Å². The number of sulfonamides is 1. The fourth-order valence-electron chi connectivity index (χ4n) is 3.24. The topological polar surface area (TPSA) is 86.8 Å². The van der Waals surface area contributed by atoms with E-state index in [0.29, 0.717) is 10.7 Å². The molecule has 1 N–H and O–H groups in total. The lowest BCUT2D eigenvalue weighted by Crippen LogP contribution is -2.54. The van der Waals surface area contributed by atoms with Gasteiger partial charge in [0.25, 0.3) is 0 Å². The number of amides is 2. The highest BCUT2D eigenvalue weighted by Crippen LogP contribution is 2.21.